The van der Waals surface area contributed by atoms with Gasteiger partial charge in [0.05, 0.1) is 11.6 Å². The molecule has 0 aromatic heterocycles. The molecule has 0 saturated heterocycles. The number of Topliss-reactive ketones (excluding diaryl/α,β-unsaturated/α-hetero) is 1. The maximum atomic E-state index is 11.2. The molecule has 14 heavy (non-hydrogen) atoms. The third kappa shape index (κ3) is 1.55. The molecule has 3 nitrogen and oxygen atoms in total. The zero-order valence-corrected chi connectivity index (χ0v) is 8.00. The molecule has 0 N–H and O–H groups in total. The van der Waals surface area contributed by atoms with E-state index >= 15 is 0 Å². The normalized spacial score (nSPS) is 9.21. The van der Waals surface area contributed by atoms with Gasteiger partial charge in [0, 0.05) is 11.1 Å². The van der Waals surface area contributed by atoms with Gasteiger partial charge in [-0.15, -0.1) is 0 Å². The second-order valence-electron chi connectivity index (χ2n) is 3.00. The van der Waals surface area contributed by atoms with Crippen LogP contribution < -0.4 is 0 Å². The van der Waals surface area contributed by atoms with Crippen LogP contribution in [0.2, 0.25) is 0 Å². The maximum absolute atomic E-state index is 11.2. The Morgan fingerprint density at radius 3 is 2.57 bits per heavy atom. The predicted octanol–water partition coefficient (Wildman–Crippen LogP) is 1.88. The van der Waals surface area contributed by atoms with Crippen LogP contribution in [-0.4, -0.2) is 12.1 Å². The highest BCUT2D eigenvalue weighted by atomic mass is 16.1. The van der Waals surface area contributed by atoms with E-state index in [2.05, 4.69) is 0 Å². The first kappa shape index (κ1) is 10.1. The molecular formula is C11H9NO2. The monoisotopic (exact) mass is 187 g/mol. The highest BCUT2D eigenvalue weighted by molar-refractivity contribution is 6.04. The van der Waals surface area contributed by atoms with E-state index < -0.39 is 0 Å². The minimum absolute atomic E-state index is 0.225. The van der Waals surface area contributed by atoms with Gasteiger partial charge in [0.2, 0.25) is 0 Å². The van der Waals surface area contributed by atoms with Crippen molar-refractivity contribution in [1.29, 1.82) is 5.26 Å². The van der Waals surface area contributed by atoms with E-state index in [1.54, 1.807) is 19.1 Å². The molecule has 1 aromatic carbocycles. The van der Waals surface area contributed by atoms with Gasteiger partial charge in [-0.25, -0.2) is 0 Å². The summed E-state index contributed by atoms with van der Waals surface area (Å²) in [6.07, 6.45) is 0.618. The van der Waals surface area contributed by atoms with Gasteiger partial charge in [-0.1, -0.05) is 6.07 Å². The minimum atomic E-state index is -0.257. The second-order valence-corrected chi connectivity index (χ2v) is 3.00. The number of nitriles is 1. The number of hydrogen-bond acceptors (Lipinski definition) is 3. The van der Waals surface area contributed by atoms with Crippen LogP contribution in [0.25, 0.3) is 0 Å². The highest BCUT2D eigenvalue weighted by Gasteiger charge is 2.14. The fourth-order valence-corrected chi connectivity index (χ4v) is 1.35. The number of carbonyl (C=O) groups excluding carboxylic acids is 2. The lowest BCUT2D eigenvalue weighted by Gasteiger charge is -2.05. The lowest BCUT2D eigenvalue weighted by atomic mass is 9.95. The van der Waals surface area contributed by atoms with Crippen molar-refractivity contribution in [1.82, 2.24) is 0 Å². The molecular weight excluding hydrogens is 178 g/mol. The Morgan fingerprint density at radius 1 is 1.50 bits per heavy atom. The first-order valence-electron chi connectivity index (χ1n) is 4.11. The number of ketones is 1. The van der Waals surface area contributed by atoms with Gasteiger partial charge in [-0.3, -0.25) is 9.59 Å². The molecule has 0 aliphatic carbocycles. The van der Waals surface area contributed by atoms with Crippen molar-refractivity contribution in [2.75, 3.05) is 0 Å². The number of carbonyl (C=O) groups is 2. The fraction of sp³-hybridized carbons (Fsp3) is 0.182. The van der Waals surface area contributed by atoms with E-state index in [0.29, 0.717) is 17.4 Å². The molecule has 0 aliphatic heterocycles. The van der Waals surface area contributed by atoms with Crippen molar-refractivity contribution in [3.63, 3.8) is 0 Å². The summed E-state index contributed by atoms with van der Waals surface area (Å²) in [6.45, 7) is 3.08. The van der Waals surface area contributed by atoms with E-state index in [-0.39, 0.29) is 16.9 Å². The van der Waals surface area contributed by atoms with Crippen molar-refractivity contribution >= 4 is 12.1 Å². The number of rotatable bonds is 2. The Labute approximate surface area is 82.0 Å². The smallest absolute Gasteiger partial charge is 0.161 e. The summed E-state index contributed by atoms with van der Waals surface area (Å²) >= 11 is 0. The summed E-state index contributed by atoms with van der Waals surface area (Å²) in [5.74, 6) is -0.257. The van der Waals surface area contributed by atoms with Crippen molar-refractivity contribution in [2.24, 2.45) is 0 Å². The Hall–Kier alpha value is -1.95. The Kier molecular flexibility index (Phi) is 2.78. The van der Waals surface area contributed by atoms with E-state index in [1.807, 2.05) is 6.07 Å². The molecule has 0 saturated carbocycles. The lowest BCUT2D eigenvalue weighted by molar-refractivity contribution is 0.100. The SMILES string of the molecule is CC(=O)c1c(C#N)ccc(C)c1C=O. The Balaban J connectivity index is 3.62. The molecule has 3 heteroatoms. The molecule has 0 radical (unpaired) electrons. The van der Waals surface area contributed by atoms with Gasteiger partial charge in [0.25, 0.3) is 0 Å². The standard InChI is InChI=1S/C11H9NO2/c1-7-3-4-9(5-12)11(8(2)14)10(7)6-13/h3-4,6H,1-2H3. The molecule has 0 spiro atoms. The molecule has 1 rings (SSSR count). The quantitative estimate of drug-likeness (QED) is 0.524. The van der Waals surface area contributed by atoms with Gasteiger partial charge in [-0.2, -0.15) is 5.26 Å². The number of aryl methyl sites for hydroxylation is 1. The maximum Gasteiger partial charge on any atom is 0.161 e. The summed E-state index contributed by atoms with van der Waals surface area (Å²) in [4.78, 5) is 22.0. The lowest BCUT2D eigenvalue weighted by Crippen LogP contribution is -2.04. The molecule has 0 bridgehead atoms. The van der Waals surface area contributed by atoms with Crippen LogP contribution in [0.15, 0.2) is 12.1 Å². The van der Waals surface area contributed by atoms with Gasteiger partial charge in [0.15, 0.2) is 12.1 Å². The summed E-state index contributed by atoms with van der Waals surface area (Å²) in [5, 5.41) is 8.76. The molecule has 70 valence electrons. The number of aldehydes is 1. The summed E-state index contributed by atoms with van der Waals surface area (Å²) in [7, 11) is 0. The molecule has 0 unspecified atom stereocenters. The zero-order chi connectivity index (χ0) is 10.7. The van der Waals surface area contributed by atoms with Crippen LogP contribution in [0.4, 0.5) is 0 Å². The van der Waals surface area contributed by atoms with E-state index in [9.17, 15) is 9.59 Å². The highest BCUT2D eigenvalue weighted by Crippen LogP contribution is 2.17. The average Bonchev–Trinajstić information content (AvgIpc) is 2.17. The first-order valence-corrected chi connectivity index (χ1v) is 4.11. The minimum Gasteiger partial charge on any atom is -0.298 e. The number of benzene rings is 1. The Bertz CT molecular complexity index is 441. The first-order chi connectivity index (χ1) is 6.61. The van der Waals surface area contributed by atoms with Gasteiger partial charge in [0.1, 0.15) is 0 Å². The molecule has 0 aliphatic rings. The van der Waals surface area contributed by atoms with E-state index in [1.165, 1.54) is 6.92 Å². The van der Waals surface area contributed by atoms with E-state index in [4.69, 9.17) is 5.26 Å². The van der Waals surface area contributed by atoms with E-state index in [0.717, 1.165) is 0 Å². The summed E-state index contributed by atoms with van der Waals surface area (Å²) in [5.41, 5.74) is 1.51. The van der Waals surface area contributed by atoms with Crippen molar-refractivity contribution < 1.29 is 9.59 Å². The molecule has 1 aromatic rings. The van der Waals surface area contributed by atoms with Crippen LogP contribution in [0, 0.1) is 18.3 Å². The third-order valence-corrected chi connectivity index (χ3v) is 2.05. The van der Waals surface area contributed by atoms with Crippen LogP contribution in [0.3, 0.4) is 0 Å². The van der Waals surface area contributed by atoms with Gasteiger partial charge < -0.3 is 0 Å². The summed E-state index contributed by atoms with van der Waals surface area (Å²) < 4.78 is 0. The van der Waals surface area contributed by atoms with Crippen molar-refractivity contribution in [2.45, 2.75) is 13.8 Å². The molecule has 0 amide bonds. The number of nitrogens with zero attached hydrogens (tertiary/aromatic N) is 1. The van der Waals surface area contributed by atoms with Crippen LogP contribution in [0.1, 0.15) is 38.8 Å². The molecule has 0 atom stereocenters. The second kappa shape index (κ2) is 3.84. The number of hydrogen-bond donors (Lipinski definition) is 0. The fourth-order valence-electron chi connectivity index (χ4n) is 1.35. The molecule has 0 heterocycles. The van der Waals surface area contributed by atoms with Crippen LogP contribution in [-0.2, 0) is 0 Å². The summed E-state index contributed by atoms with van der Waals surface area (Å²) in [6, 6.07) is 5.12. The van der Waals surface area contributed by atoms with Crippen LogP contribution >= 0.6 is 0 Å². The average molecular weight is 187 g/mol. The van der Waals surface area contributed by atoms with Crippen LogP contribution in [0.5, 0.6) is 0 Å². The predicted molar refractivity (Wildman–Crippen MR) is 51.3 cm³/mol. The Morgan fingerprint density at radius 2 is 2.14 bits per heavy atom. The third-order valence-electron chi connectivity index (χ3n) is 2.05. The van der Waals surface area contributed by atoms with Gasteiger partial charge in [-0.05, 0) is 25.5 Å². The van der Waals surface area contributed by atoms with Crippen molar-refractivity contribution in [3.8, 4) is 6.07 Å². The van der Waals surface area contributed by atoms with Crippen molar-refractivity contribution in [3.05, 3.63) is 34.4 Å². The van der Waals surface area contributed by atoms with Gasteiger partial charge >= 0.3 is 0 Å². The topological polar surface area (TPSA) is 57.9 Å². The zero-order valence-electron chi connectivity index (χ0n) is 8.00. The largest absolute Gasteiger partial charge is 0.298 e. The molecule has 0 fully saturated rings.